The Balaban J connectivity index is 2.48. The van der Waals surface area contributed by atoms with Crippen molar-refractivity contribution in [3.05, 3.63) is 0 Å². The number of carbonyl (C=O) groups excluding carboxylic acids is 2. The fraction of sp³-hybridized carbons (Fsp3) is 0.778. The fourth-order valence-electron chi connectivity index (χ4n) is 1.48. The topological polar surface area (TPSA) is 84.2 Å². The van der Waals surface area contributed by atoms with E-state index in [-0.39, 0.29) is 11.9 Å². The molecular weight excluding hydrogens is 182 g/mol. The van der Waals surface area contributed by atoms with E-state index in [4.69, 9.17) is 5.73 Å². The van der Waals surface area contributed by atoms with E-state index in [0.717, 1.165) is 25.8 Å². The van der Waals surface area contributed by atoms with E-state index in [1.165, 1.54) is 0 Å². The molecule has 0 saturated carbocycles. The Morgan fingerprint density at radius 1 is 1.64 bits per heavy atom. The molecule has 1 rings (SSSR count). The highest BCUT2D eigenvalue weighted by atomic mass is 16.2. The second kappa shape index (κ2) is 4.95. The first-order valence-electron chi connectivity index (χ1n) is 4.94. The number of amides is 2. The van der Waals surface area contributed by atoms with Gasteiger partial charge in [-0.3, -0.25) is 14.9 Å². The second-order valence-electron chi connectivity index (χ2n) is 3.63. The number of hydrogen-bond acceptors (Lipinski definition) is 3. The Morgan fingerprint density at radius 2 is 2.36 bits per heavy atom. The van der Waals surface area contributed by atoms with Gasteiger partial charge in [0.05, 0.1) is 12.1 Å². The maximum Gasteiger partial charge on any atom is 0.237 e. The molecule has 0 aromatic heterocycles. The standard InChI is InChI=1S/C9H17N3O2/c1-6(8(10)13)12-7-4-2-3-5-11-9(7)14/h6-7,12H,2-5H2,1H3,(H2,10,13)(H,11,14)/t6-,7?/m0/s1. The third kappa shape index (κ3) is 2.99. The largest absolute Gasteiger partial charge is 0.368 e. The Morgan fingerprint density at radius 3 is 3.00 bits per heavy atom. The summed E-state index contributed by atoms with van der Waals surface area (Å²) in [6, 6.07) is -0.733. The van der Waals surface area contributed by atoms with Crippen molar-refractivity contribution in [2.45, 2.75) is 38.3 Å². The zero-order chi connectivity index (χ0) is 10.6. The highest BCUT2D eigenvalue weighted by molar-refractivity contribution is 5.84. The highest BCUT2D eigenvalue weighted by Gasteiger charge is 2.23. The van der Waals surface area contributed by atoms with Crippen LogP contribution in [0.3, 0.4) is 0 Å². The molecule has 1 saturated heterocycles. The lowest BCUT2D eigenvalue weighted by atomic mass is 10.1. The minimum atomic E-state index is -0.455. The summed E-state index contributed by atoms with van der Waals surface area (Å²) in [7, 11) is 0. The zero-order valence-electron chi connectivity index (χ0n) is 8.38. The summed E-state index contributed by atoms with van der Waals surface area (Å²) in [4.78, 5) is 22.2. The van der Waals surface area contributed by atoms with Gasteiger partial charge in [0.25, 0.3) is 0 Å². The lowest BCUT2D eigenvalue weighted by Crippen LogP contribution is -2.50. The molecule has 1 aliphatic heterocycles. The van der Waals surface area contributed by atoms with Crippen molar-refractivity contribution in [3.8, 4) is 0 Å². The van der Waals surface area contributed by atoms with Crippen LogP contribution in [0.1, 0.15) is 26.2 Å². The van der Waals surface area contributed by atoms with E-state index in [1.807, 2.05) is 0 Å². The molecule has 80 valence electrons. The SMILES string of the molecule is C[C@H](NC1CCCCNC1=O)C(N)=O. The van der Waals surface area contributed by atoms with Gasteiger partial charge in [0.2, 0.25) is 11.8 Å². The van der Waals surface area contributed by atoms with Crippen LogP contribution in [0, 0.1) is 0 Å². The molecule has 0 aromatic carbocycles. The van der Waals surface area contributed by atoms with Crippen LogP contribution in [0.25, 0.3) is 0 Å². The molecule has 1 unspecified atom stereocenters. The van der Waals surface area contributed by atoms with Crippen LogP contribution >= 0.6 is 0 Å². The number of carbonyl (C=O) groups is 2. The van der Waals surface area contributed by atoms with Gasteiger partial charge in [-0.25, -0.2) is 0 Å². The summed E-state index contributed by atoms with van der Waals surface area (Å²) in [5.41, 5.74) is 5.10. The van der Waals surface area contributed by atoms with E-state index >= 15 is 0 Å². The molecule has 5 nitrogen and oxygen atoms in total. The average Bonchev–Trinajstić information content (AvgIpc) is 2.32. The number of nitrogens with two attached hydrogens (primary N) is 1. The molecule has 2 atom stereocenters. The van der Waals surface area contributed by atoms with E-state index in [1.54, 1.807) is 6.92 Å². The predicted octanol–water partition coefficient (Wildman–Crippen LogP) is -0.881. The summed E-state index contributed by atoms with van der Waals surface area (Å²) < 4.78 is 0. The minimum absolute atomic E-state index is 0.0319. The monoisotopic (exact) mass is 199 g/mol. The first-order valence-corrected chi connectivity index (χ1v) is 4.94. The molecule has 0 bridgehead atoms. The number of primary amides is 1. The van der Waals surface area contributed by atoms with Crippen LogP contribution < -0.4 is 16.4 Å². The smallest absolute Gasteiger partial charge is 0.237 e. The van der Waals surface area contributed by atoms with Crippen molar-refractivity contribution in [2.75, 3.05) is 6.54 Å². The molecule has 5 heteroatoms. The molecular formula is C9H17N3O2. The molecule has 14 heavy (non-hydrogen) atoms. The summed E-state index contributed by atoms with van der Waals surface area (Å²) in [6.07, 6.45) is 2.75. The van der Waals surface area contributed by atoms with Gasteiger partial charge < -0.3 is 11.1 Å². The third-order valence-corrected chi connectivity index (χ3v) is 2.41. The molecule has 2 amide bonds. The van der Waals surface area contributed by atoms with Crippen molar-refractivity contribution in [3.63, 3.8) is 0 Å². The predicted molar refractivity (Wildman–Crippen MR) is 52.4 cm³/mol. The maximum absolute atomic E-state index is 11.4. The van der Waals surface area contributed by atoms with Crippen molar-refractivity contribution in [1.82, 2.24) is 10.6 Å². The van der Waals surface area contributed by atoms with Crippen LogP contribution in [0.4, 0.5) is 0 Å². The lowest BCUT2D eigenvalue weighted by Gasteiger charge is -2.18. The molecule has 1 aliphatic rings. The normalized spacial score (nSPS) is 24.9. The first kappa shape index (κ1) is 11.0. The third-order valence-electron chi connectivity index (χ3n) is 2.41. The van der Waals surface area contributed by atoms with Gasteiger partial charge in [-0.2, -0.15) is 0 Å². The molecule has 0 aliphatic carbocycles. The Kier molecular flexibility index (Phi) is 3.88. The van der Waals surface area contributed by atoms with Gasteiger partial charge >= 0.3 is 0 Å². The lowest BCUT2D eigenvalue weighted by molar-refractivity contribution is -0.124. The maximum atomic E-state index is 11.4. The Hall–Kier alpha value is -1.10. The summed E-state index contributed by atoms with van der Waals surface area (Å²) in [5.74, 6) is -0.461. The Labute approximate surface area is 83.4 Å². The van der Waals surface area contributed by atoms with Crippen molar-refractivity contribution in [2.24, 2.45) is 5.73 Å². The van der Waals surface area contributed by atoms with Gasteiger partial charge in [0.1, 0.15) is 0 Å². The van der Waals surface area contributed by atoms with Gasteiger partial charge in [0.15, 0.2) is 0 Å². The second-order valence-corrected chi connectivity index (χ2v) is 3.63. The number of nitrogens with one attached hydrogen (secondary N) is 2. The first-order chi connectivity index (χ1) is 6.61. The quantitative estimate of drug-likeness (QED) is 0.552. The summed E-state index contributed by atoms with van der Waals surface area (Å²) in [5, 5.41) is 5.71. The van der Waals surface area contributed by atoms with E-state index in [0.29, 0.717) is 0 Å². The van der Waals surface area contributed by atoms with E-state index in [9.17, 15) is 9.59 Å². The molecule has 1 heterocycles. The van der Waals surface area contributed by atoms with Gasteiger partial charge in [-0.1, -0.05) is 0 Å². The van der Waals surface area contributed by atoms with Crippen molar-refractivity contribution in [1.29, 1.82) is 0 Å². The van der Waals surface area contributed by atoms with Gasteiger partial charge in [0, 0.05) is 6.54 Å². The molecule has 4 N–H and O–H groups in total. The summed E-state index contributed by atoms with van der Waals surface area (Å²) >= 11 is 0. The minimum Gasteiger partial charge on any atom is -0.368 e. The van der Waals surface area contributed by atoms with Crippen molar-refractivity contribution < 1.29 is 9.59 Å². The van der Waals surface area contributed by atoms with Crippen molar-refractivity contribution >= 4 is 11.8 Å². The Bertz CT molecular complexity index is 230. The fourth-order valence-corrected chi connectivity index (χ4v) is 1.48. The number of rotatable bonds is 3. The van der Waals surface area contributed by atoms with Crippen LogP contribution in [0.2, 0.25) is 0 Å². The van der Waals surface area contributed by atoms with Crippen LogP contribution in [0.5, 0.6) is 0 Å². The van der Waals surface area contributed by atoms with Crippen LogP contribution in [-0.2, 0) is 9.59 Å². The van der Waals surface area contributed by atoms with Gasteiger partial charge in [-0.05, 0) is 26.2 Å². The molecule has 0 aromatic rings. The molecule has 0 radical (unpaired) electrons. The van der Waals surface area contributed by atoms with Crippen LogP contribution in [0.15, 0.2) is 0 Å². The van der Waals surface area contributed by atoms with E-state index < -0.39 is 11.9 Å². The molecule has 0 spiro atoms. The molecule has 1 fully saturated rings. The highest BCUT2D eigenvalue weighted by Crippen LogP contribution is 2.05. The zero-order valence-corrected chi connectivity index (χ0v) is 8.38. The number of hydrogen-bond donors (Lipinski definition) is 3. The van der Waals surface area contributed by atoms with Crippen LogP contribution in [-0.4, -0.2) is 30.4 Å². The average molecular weight is 199 g/mol. The van der Waals surface area contributed by atoms with Gasteiger partial charge in [-0.15, -0.1) is 0 Å². The summed E-state index contributed by atoms with van der Waals surface area (Å²) in [6.45, 7) is 2.39. The van der Waals surface area contributed by atoms with E-state index in [2.05, 4.69) is 10.6 Å².